The zero-order chi connectivity index (χ0) is 11.5. The molecule has 1 aliphatic rings. The van der Waals surface area contributed by atoms with Crippen LogP contribution in [-0.2, 0) is 0 Å². The number of nitrogens with one attached hydrogen (secondary N) is 1. The van der Waals surface area contributed by atoms with Crippen LogP contribution in [0, 0.1) is 5.82 Å². The fourth-order valence-electron chi connectivity index (χ4n) is 2.01. The maximum Gasteiger partial charge on any atom is 0.254 e. The lowest BCUT2D eigenvalue weighted by Gasteiger charge is -2.12. The van der Waals surface area contributed by atoms with Gasteiger partial charge in [0.15, 0.2) is 0 Å². The normalized spacial score (nSPS) is 16.4. The summed E-state index contributed by atoms with van der Waals surface area (Å²) in [6, 6.07) is 4.30. The fraction of sp³-hybridized carbons (Fsp3) is 0.417. The Bertz CT molecular complexity index is 402. The van der Waals surface area contributed by atoms with Gasteiger partial charge in [0.05, 0.1) is 5.56 Å². The first-order valence-corrected chi connectivity index (χ1v) is 5.80. The molecular formula is C12H13ClFNO. The Hall–Kier alpha value is -1.09. The summed E-state index contributed by atoms with van der Waals surface area (Å²) in [7, 11) is 0. The molecule has 0 atom stereocenters. The first-order valence-electron chi connectivity index (χ1n) is 5.43. The first-order chi connectivity index (χ1) is 7.66. The van der Waals surface area contributed by atoms with E-state index in [4.69, 9.17) is 11.6 Å². The number of benzene rings is 1. The molecular weight excluding hydrogens is 229 g/mol. The molecule has 1 aromatic rings. The molecule has 0 spiro atoms. The van der Waals surface area contributed by atoms with Gasteiger partial charge < -0.3 is 5.32 Å². The van der Waals surface area contributed by atoms with Gasteiger partial charge in [-0.05, 0) is 31.0 Å². The largest absolute Gasteiger partial charge is 0.349 e. The van der Waals surface area contributed by atoms with Gasteiger partial charge in [-0.3, -0.25) is 4.79 Å². The zero-order valence-electron chi connectivity index (χ0n) is 8.80. The summed E-state index contributed by atoms with van der Waals surface area (Å²) in [6.45, 7) is 0. The molecule has 0 bridgehead atoms. The second-order valence-corrected chi connectivity index (χ2v) is 4.52. The van der Waals surface area contributed by atoms with Crippen molar-refractivity contribution in [2.24, 2.45) is 0 Å². The Morgan fingerprint density at radius 2 is 2.06 bits per heavy atom. The van der Waals surface area contributed by atoms with Gasteiger partial charge in [0.1, 0.15) is 5.82 Å². The van der Waals surface area contributed by atoms with Crippen molar-refractivity contribution in [1.29, 1.82) is 0 Å². The number of hydrogen-bond acceptors (Lipinski definition) is 1. The van der Waals surface area contributed by atoms with E-state index in [1.165, 1.54) is 12.1 Å². The van der Waals surface area contributed by atoms with Crippen LogP contribution < -0.4 is 5.32 Å². The molecule has 0 saturated heterocycles. The SMILES string of the molecule is O=C(NC1CCCC1)c1ccc(Cl)cc1F. The number of carbonyl (C=O) groups is 1. The van der Waals surface area contributed by atoms with Gasteiger partial charge in [-0.1, -0.05) is 24.4 Å². The van der Waals surface area contributed by atoms with E-state index in [2.05, 4.69) is 5.32 Å². The topological polar surface area (TPSA) is 29.1 Å². The second-order valence-electron chi connectivity index (χ2n) is 4.08. The molecule has 0 unspecified atom stereocenters. The molecule has 1 saturated carbocycles. The highest BCUT2D eigenvalue weighted by Gasteiger charge is 2.19. The third-order valence-electron chi connectivity index (χ3n) is 2.87. The zero-order valence-corrected chi connectivity index (χ0v) is 9.56. The Labute approximate surface area is 98.8 Å². The number of halogens is 2. The standard InChI is InChI=1S/C12H13ClFNO/c13-8-5-6-10(11(14)7-8)12(16)15-9-3-1-2-4-9/h5-7,9H,1-4H2,(H,15,16). The van der Waals surface area contributed by atoms with E-state index in [0.29, 0.717) is 5.02 Å². The molecule has 0 aliphatic heterocycles. The molecule has 0 heterocycles. The molecule has 0 radical (unpaired) electrons. The van der Waals surface area contributed by atoms with Gasteiger partial charge >= 0.3 is 0 Å². The van der Waals surface area contributed by atoms with Crippen LogP contribution in [0.15, 0.2) is 18.2 Å². The molecule has 1 aromatic carbocycles. The number of amides is 1. The summed E-state index contributed by atoms with van der Waals surface area (Å²) in [4.78, 5) is 11.7. The molecule has 2 nitrogen and oxygen atoms in total. The summed E-state index contributed by atoms with van der Waals surface area (Å²) >= 11 is 5.62. The maximum atomic E-state index is 13.4. The van der Waals surface area contributed by atoms with Crippen LogP contribution in [0.2, 0.25) is 5.02 Å². The summed E-state index contributed by atoms with van der Waals surface area (Å²) in [6.07, 6.45) is 4.24. The van der Waals surface area contributed by atoms with E-state index >= 15 is 0 Å². The Morgan fingerprint density at radius 1 is 1.38 bits per heavy atom. The highest BCUT2D eigenvalue weighted by atomic mass is 35.5. The lowest BCUT2D eigenvalue weighted by Crippen LogP contribution is -2.33. The average molecular weight is 242 g/mol. The molecule has 86 valence electrons. The Morgan fingerprint density at radius 3 is 2.69 bits per heavy atom. The van der Waals surface area contributed by atoms with Crippen molar-refractivity contribution in [3.05, 3.63) is 34.6 Å². The molecule has 2 rings (SSSR count). The molecule has 4 heteroatoms. The third-order valence-corrected chi connectivity index (χ3v) is 3.10. The Kier molecular flexibility index (Phi) is 3.44. The molecule has 1 aliphatic carbocycles. The molecule has 0 aromatic heterocycles. The Balaban J connectivity index is 2.08. The van der Waals surface area contributed by atoms with E-state index in [1.54, 1.807) is 0 Å². The second kappa shape index (κ2) is 4.83. The predicted octanol–water partition coefficient (Wildman–Crippen LogP) is 3.15. The first kappa shape index (κ1) is 11.4. The summed E-state index contributed by atoms with van der Waals surface area (Å²) in [5.74, 6) is -0.913. The van der Waals surface area contributed by atoms with Crippen LogP contribution in [-0.4, -0.2) is 11.9 Å². The van der Waals surface area contributed by atoms with Crippen molar-refractivity contribution in [3.63, 3.8) is 0 Å². The monoisotopic (exact) mass is 241 g/mol. The van der Waals surface area contributed by atoms with Crippen molar-refractivity contribution in [1.82, 2.24) is 5.32 Å². The van der Waals surface area contributed by atoms with Crippen LogP contribution >= 0.6 is 11.6 Å². The lowest BCUT2D eigenvalue weighted by atomic mass is 10.1. The number of carbonyl (C=O) groups excluding carboxylic acids is 1. The highest BCUT2D eigenvalue weighted by Crippen LogP contribution is 2.19. The minimum absolute atomic E-state index is 0.0660. The van der Waals surface area contributed by atoms with Crippen molar-refractivity contribution < 1.29 is 9.18 Å². The van der Waals surface area contributed by atoms with Crippen molar-refractivity contribution in [2.75, 3.05) is 0 Å². The summed E-state index contributed by atoms with van der Waals surface area (Å²) < 4.78 is 13.4. The van der Waals surface area contributed by atoms with E-state index in [-0.39, 0.29) is 17.5 Å². The molecule has 1 N–H and O–H groups in total. The van der Waals surface area contributed by atoms with Gasteiger partial charge in [-0.15, -0.1) is 0 Å². The maximum absolute atomic E-state index is 13.4. The van der Waals surface area contributed by atoms with Gasteiger partial charge in [0.25, 0.3) is 5.91 Å². The predicted molar refractivity (Wildman–Crippen MR) is 61.1 cm³/mol. The van der Waals surface area contributed by atoms with Crippen LogP contribution in [0.4, 0.5) is 4.39 Å². The third kappa shape index (κ3) is 2.53. The summed E-state index contributed by atoms with van der Waals surface area (Å²) in [5, 5.41) is 3.13. The average Bonchev–Trinajstić information content (AvgIpc) is 2.70. The van der Waals surface area contributed by atoms with Gasteiger partial charge in [-0.25, -0.2) is 4.39 Å². The van der Waals surface area contributed by atoms with E-state index < -0.39 is 5.82 Å². The quantitative estimate of drug-likeness (QED) is 0.847. The van der Waals surface area contributed by atoms with E-state index in [0.717, 1.165) is 31.7 Å². The molecule has 16 heavy (non-hydrogen) atoms. The molecule has 1 amide bonds. The van der Waals surface area contributed by atoms with E-state index in [1.807, 2.05) is 0 Å². The molecule has 1 fully saturated rings. The van der Waals surface area contributed by atoms with Crippen LogP contribution in [0.25, 0.3) is 0 Å². The lowest BCUT2D eigenvalue weighted by molar-refractivity contribution is 0.0934. The van der Waals surface area contributed by atoms with Crippen molar-refractivity contribution in [2.45, 2.75) is 31.7 Å². The minimum atomic E-state index is -0.567. The van der Waals surface area contributed by atoms with Crippen LogP contribution in [0.5, 0.6) is 0 Å². The number of hydrogen-bond donors (Lipinski definition) is 1. The van der Waals surface area contributed by atoms with Crippen LogP contribution in [0.1, 0.15) is 36.0 Å². The van der Waals surface area contributed by atoms with Crippen molar-refractivity contribution >= 4 is 17.5 Å². The van der Waals surface area contributed by atoms with Gasteiger partial charge in [0.2, 0.25) is 0 Å². The van der Waals surface area contributed by atoms with Gasteiger partial charge in [0, 0.05) is 11.1 Å². The minimum Gasteiger partial charge on any atom is -0.349 e. The van der Waals surface area contributed by atoms with E-state index in [9.17, 15) is 9.18 Å². The summed E-state index contributed by atoms with van der Waals surface area (Å²) in [5.41, 5.74) is 0.0660. The number of rotatable bonds is 2. The van der Waals surface area contributed by atoms with Crippen molar-refractivity contribution in [3.8, 4) is 0 Å². The van der Waals surface area contributed by atoms with Crippen LogP contribution in [0.3, 0.4) is 0 Å². The fourth-order valence-corrected chi connectivity index (χ4v) is 2.17. The highest BCUT2D eigenvalue weighted by molar-refractivity contribution is 6.30. The smallest absolute Gasteiger partial charge is 0.254 e. The van der Waals surface area contributed by atoms with Gasteiger partial charge in [-0.2, -0.15) is 0 Å².